The van der Waals surface area contributed by atoms with E-state index in [9.17, 15) is 4.79 Å². The monoisotopic (exact) mass is 368 g/mol. The van der Waals surface area contributed by atoms with Crippen molar-refractivity contribution in [2.75, 3.05) is 26.5 Å². The van der Waals surface area contributed by atoms with Crippen molar-refractivity contribution < 1.29 is 9.47 Å². The molecule has 0 radical (unpaired) electrons. The molecule has 0 bridgehead atoms. The van der Waals surface area contributed by atoms with Gasteiger partial charge in [0.25, 0.3) is 5.56 Å². The van der Waals surface area contributed by atoms with Crippen LogP contribution in [0.4, 0.5) is 5.69 Å². The summed E-state index contributed by atoms with van der Waals surface area (Å²) in [5, 5.41) is 0.468. The van der Waals surface area contributed by atoms with Gasteiger partial charge in [0.1, 0.15) is 5.82 Å². The Labute approximate surface area is 157 Å². The Hall–Kier alpha value is -3.06. The number of aromatic amines is 1. The second-order valence-electron chi connectivity index (χ2n) is 6.29. The molecule has 1 aromatic heterocycles. The number of hydrogen-bond acceptors (Lipinski definition) is 6. The first-order valence-corrected chi connectivity index (χ1v) is 8.75. The quantitative estimate of drug-likeness (QED) is 0.623. The molecule has 7 nitrogen and oxygen atoms in total. The average Bonchev–Trinajstić information content (AvgIpc) is 2.66. The molecular weight excluding hydrogens is 344 g/mol. The lowest BCUT2D eigenvalue weighted by molar-refractivity contribution is 0.264. The largest absolute Gasteiger partial charge is 0.493 e. The van der Waals surface area contributed by atoms with Gasteiger partial charge in [-0.1, -0.05) is 19.1 Å². The second-order valence-corrected chi connectivity index (χ2v) is 6.29. The van der Waals surface area contributed by atoms with Crippen molar-refractivity contribution in [3.05, 3.63) is 58.1 Å². The highest BCUT2D eigenvalue weighted by molar-refractivity contribution is 5.81. The van der Waals surface area contributed by atoms with Crippen molar-refractivity contribution in [2.45, 2.75) is 20.0 Å². The number of nitrogens with zero attached hydrogens (tertiary/aromatic N) is 2. The van der Waals surface area contributed by atoms with Crippen LogP contribution in [0, 0.1) is 0 Å². The first-order valence-electron chi connectivity index (χ1n) is 8.75. The Balaban J connectivity index is 1.90. The summed E-state index contributed by atoms with van der Waals surface area (Å²) in [7, 11) is 3.09. The minimum absolute atomic E-state index is 0.198. The van der Waals surface area contributed by atoms with E-state index in [0.29, 0.717) is 34.8 Å². The summed E-state index contributed by atoms with van der Waals surface area (Å²) in [5.74, 6) is 1.65. The van der Waals surface area contributed by atoms with Gasteiger partial charge in [-0.05, 0) is 30.3 Å². The predicted octanol–water partition coefficient (Wildman–Crippen LogP) is 2.54. The van der Waals surface area contributed by atoms with Gasteiger partial charge < -0.3 is 20.2 Å². The predicted molar refractivity (Wildman–Crippen MR) is 106 cm³/mol. The zero-order valence-corrected chi connectivity index (χ0v) is 15.8. The van der Waals surface area contributed by atoms with Crippen LogP contribution in [-0.2, 0) is 13.1 Å². The first kappa shape index (κ1) is 18.7. The van der Waals surface area contributed by atoms with Crippen LogP contribution >= 0.6 is 0 Å². The Bertz CT molecular complexity index is 1000. The molecule has 3 rings (SSSR count). The number of fused-ring (bicyclic) bond motifs is 1. The highest BCUT2D eigenvalue weighted by atomic mass is 16.5. The van der Waals surface area contributed by atoms with Gasteiger partial charge in [-0.3, -0.25) is 9.69 Å². The molecule has 0 spiro atoms. The molecule has 0 saturated heterocycles. The summed E-state index contributed by atoms with van der Waals surface area (Å²) in [6.07, 6.45) is 0. The van der Waals surface area contributed by atoms with Gasteiger partial charge >= 0.3 is 0 Å². The lowest BCUT2D eigenvalue weighted by atomic mass is 10.2. The standard InChI is InChI=1S/C20H24N4O3/c1-4-24(11-13-6-5-7-14(21)8-13)12-19-22-16-10-18(27-3)17(26-2)9-15(16)20(25)23-19/h5-10H,4,11-12,21H2,1-3H3,(H,22,23,25). The molecule has 3 N–H and O–H groups in total. The maximum Gasteiger partial charge on any atom is 0.258 e. The fourth-order valence-corrected chi connectivity index (χ4v) is 3.03. The number of nitrogen functional groups attached to an aromatic ring is 1. The molecule has 27 heavy (non-hydrogen) atoms. The van der Waals surface area contributed by atoms with E-state index < -0.39 is 0 Å². The van der Waals surface area contributed by atoms with E-state index in [1.54, 1.807) is 19.2 Å². The van der Waals surface area contributed by atoms with Crippen LogP contribution in [0.2, 0.25) is 0 Å². The number of rotatable bonds is 7. The molecule has 0 saturated carbocycles. The molecule has 0 aliphatic rings. The summed E-state index contributed by atoms with van der Waals surface area (Å²) < 4.78 is 10.6. The summed E-state index contributed by atoms with van der Waals surface area (Å²) >= 11 is 0. The van der Waals surface area contributed by atoms with Gasteiger partial charge in [-0.25, -0.2) is 4.98 Å². The summed E-state index contributed by atoms with van der Waals surface area (Å²) in [5.41, 5.74) is 8.09. The Morgan fingerprint density at radius 3 is 2.52 bits per heavy atom. The number of ether oxygens (including phenoxy) is 2. The van der Waals surface area contributed by atoms with Crippen LogP contribution in [0.1, 0.15) is 18.3 Å². The molecule has 7 heteroatoms. The molecule has 1 heterocycles. The van der Waals surface area contributed by atoms with Gasteiger partial charge in [-0.2, -0.15) is 0 Å². The average molecular weight is 368 g/mol. The number of methoxy groups -OCH3 is 2. The third kappa shape index (κ3) is 4.20. The number of aromatic nitrogens is 2. The molecule has 2 aromatic carbocycles. The third-order valence-corrected chi connectivity index (χ3v) is 4.44. The minimum Gasteiger partial charge on any atom is -0.493 e. The Kier molecular flexibility index (Phi) is 5.61. The van der Waals surface area contributed by atoms with E-state index in [4.69, 9.17) is 15.2 Å². The number of benzene rings is 2. The van der Waals surface area contributed by atoms with Gasteiger partial charge in [-0.15, -0.1) is 0 Å². The molecule has 0 aliphatic carbocycles. The second kappa shape index (κ2) is 8.09. The van der Waals surface area contributed by atoms with Gasteiger partial charge in [0.15, 0.2) is 11.5 Å². The molecule has 0 fully saturated rings. The SMILES string of the molecule is CCN(Cc1cccc(N)c1)Cc1nc2cc(OC)c(OC)cc2c(=O)[nH]1. The van der Waals surface area contributed by atoms with E-state index in [0.717, 1.165) is 24.3 Å². The maximum atomic E-state index is 12.5. The highest BCUT2D eigenvalue weighted by Gasteiger charge is 2.13. The summed E-state index contributed by atoms with van der Waals surface area (Å²) in [6, 6.07) is 11.2. The normalized spacial score (nSPS) is 11.1. The number of nitrogens with two attached hydrogens (primary N) is 1. The zero-order valence-electron chi connectivity index (χ0n) is 15.8. The Morgan fingerprint density at radius 2 is 1.85 bits per heavy atom. The Morgan fingerprint density at radius 1 is 1.11 bits per heavy atom. The van der Waals surface area contributed by atoms with Crippen LogP contribution in [0.5, 0.6) is 11.5 Å². The minimum atomic E-state index is -0.198. The molecule has 0 atom stereocenters. The summed E-state index contributed by atoms with van der Waals surface area (Å²) in [4.78, 5) is 22.2. The topological polar surface area (TPSA) is 93.5 Å². The van der Waals surface area contributed by atoms with Crippen molar-refractivity contribution in [1.29, 1.82) is 0 Å². The molecular formula is C20H24N4O3. The maximum absolute atomic E-state index is 12.5. The molecule has 0 unspecified atom stereocenters. The van der Waals surface area contributed by atoms with Crippen molar-refractivity contribution >= 4 is 16.6 Å². The summed E-state index contributed by atoms with van der Waals surface area (Å²) in [6.45, 7) is 4.11. The van der Waals surface area contributed by atoms with Crippen LogP contribution in [0.3, 0.4) is 0 Å². The molecule has 3 aromatic rings. The lowest BCUT2D eigenvalue weighted by Crippen LogP contribution is -2.25. The van der Waals surface area contributed by atoms with Crippen molar-refractivity contribution in [3.63, 3.8) is 0 Å². The number of anilines is 1. The van der Waals surface area contributed by atoms with Crippen LogP contribution in [0.15, 0.2) is 41.2 Å². The van der Waals surface area contributed by atoms with E-state index in [1.807, 2.05) is 24.3 Å². The first-order chi connectivity index (χ1) is 13.0. The lowest BCUT2D eigenvalue weighted by Gasteiger charge is -2.20. The van der Waals surface area contributed by atoms with Crippen molar-refractivity contribution in [2.24, 2.45) is 0 Å². The molecule has 0 aliphatic heterocycles. The van der Waals surface area contributed by atoms with Gasteiger partial charge in [0.05, 0.1) is 31.7 Å². The van der Waals surface area contributed by atoms with E-state index in [-0.39, 0.29) is 5.56 Å². The van der Waals surface area contributed by atoms with Gasteiger partial charge in [0, 0.05) is 18.3 Å². The van der Waals surface area contributed by atoms with E-state index >= 15 is 0 Å². The van der Waals surface area contributed by atoms with Crippen LogP contribution in [-0.4, -0.2) is 35.6 Å². The van der Waals surface area contributed by atoms with Crippen molar-refractivity contribution in [1.82, 2.24) is 14.9 Å². The highest BCUT2D eigenvalue weighted by Crippen LogP contribution is 2.30. The smallest absolute Gasteiger partial charge is 0.258 e. The molecule has 142 valence electrons. The number of H-pyrrole nitrogens is 1. The van der Waals surface area contributed by atoms with E-state index in [2.05, 4.69) is 21.8 Å². The van der Waals surface area contributed by atoms with E-state index in [1.165, 1.54) is 7.11 Å². The molecule has 0 amide bonds. The van der Waals surface area contributed by atoms with Crippen LogP contribution < -0.4 is 20.8 Å². The van der Waals surface area contributed by atoms with Crippen LogP contribution in [0.25, 0.3) is 10.9 Å². The van der Waals surface area contributed by atoms with Gasteiger partial charge in [0.2, 0.25) is 0 Å². The third-order valence-electron chi connectivity index (χ3n) is 4.44. The fraction of sp³-hybridized carbons (Fsp3) is 0.300. The number of nitrogens with one attached hydrogen (secondary N) is 1. The number of hydrogen-bond donors (Lipinski definition) is 2. The fourth-order valence-electron chi connectivity index (χ4n) is 3.03. The van der Waals surface area contributed by atoms with Crippen molar-refractivity contribution in [3.8, 4) is 11.5 Å². The zero-order chi connectivity index (χ0) is 19.4.